The number of hydrogen-bond acceptors (Lipinski definition) is 4. The van der Waals surface area contributed by atoms with E-state index in [0.717, 1.165) is 38.9 Å². The molecule has 5 nitrogen and oxygen atoms in total. The van der Waals surface area contributed by atoms with E-state index in [0.29, 0.717) is 6.54 Å². The Balaban J connectivity index is 1.99. The molecule has 110 valence electrons. The van der Waals surface area contributed by atoms with Crippen LogP contribution in [0.3, 0.4) is 0 Å². The number of likely N-dealkylation sites (N-methyl/N-ethyl adjacent to an activating group) is 1. The smallest absolute Gasteiger partial charge is 0.239 e. The summed E-state index contributed by atoms with van der Waals surface area (Å²) < 4.78 is 0. The molecule has 2 aliphatic heterocycles. The second kappa shape index (κ2) is 6.20. The number of rotatable bonds is 4. The van der Waals surface area contributed by atoms with Gasteiger partial charge in [-0.15, -0.1) is 0 Å². The van der Waals surface area contributed by atoms with Crippen molar-refractivity contribution in [1.82, 2.24) is 14.7 Å². The van der Waals surface area contributed by atoms with Crippen LogP contribution >= 0.6 is 0 Å². The average molecular weight is 269 g/mol. The van der Waals surface area contributed by atoms with Gasteiger partial charge in [-0.1, -0.05) is 0 Å². The molecule has 1 amide bonds. The molecule has 2 saturated heterocycles. The maximum Gasteiger partial charge on any atom is 0.239 e. The summed E-state index contributed by atoms with van der Waals surface area (Å²) in [7, 11) is 4.08. The Morgan fingerprint density at radius 1 is 1.37 bits per heavy atom. The molecule has 0 spiro atoms. The highest BCUT2D eigenvalue weighted by Crippen LogP contribution is 2.23. The minimum Gasteiger partial charge on any atom is -0.392 e. The molecule has 1 N–H and O–H groups in total. The molecular formula is C14H27N3O2. The first kappa shape index (κ1) is 14.8. The molecule has 0 bridgehead atoms. The molecule has 2 aliphatic rings. The van der Waals surface area contributed by atoms with Gasteiger partial charge >= 0.3 is 0 Å². The first-order valence-corrected chi connectivity index (χ1v) is 7.36. The van der Waals surface area contributed by atoms with E-state index in [1.54, 1.807) is 0 Å². The van der Waals surface area contributed by atoms with Gasteiger partial charge in [-0.25, -0.2) is 0 Å². The summed E-state index contributed by atoms with van der Waals surface area (Å²) in [6.45, 7) is 5.31. The molecule has 19 heavy (non-hydrogen) atoms. The normalized spacial score (nSPS) is 30.3. The van der Waals surface area contributed by atoms with Gasteiger partial charge < -0.3 is 14.9 Å². The lowest BCUT2D eigenvalue weighted by Gasteiger charge is -2.33. The largest absolute Gasteiger partial charge is 0.392 e. The Labute approximate surface area is 116 Å². The molecule has 2 rings (SSSR count). The van der Waals surface area contributed by atoms with Gasteiger partial charge in [0.05, 0.1) is 12.1 Å². The van der Waals surface area contributed by atoms with E-state index in [4.69, 9.17) is 0 Å². The van der Waals surface area contributed by atoms with Crippen LogP contribution in [-0.4, -0.2) is 84.2 Å². The van der Waals surface area contributed by atoms with Crippen molar-refractivity contribution in [3.8, 4) is 0 Å². The third-order valence-corrected chi connectivity index (χ3v) is 4.28. The Hall–Kier alpha value is -0.650. The molecule has 0 aliphatic carbocycles. The van der Waals surface area contributed by atoms with Crippen molar-refractivity contribution in [3.05, 3.63) is 0 Å². The van der Waals surface area contributed by atoms with Gasteiger partial charge in [-0.3, -0.25) is 9.69 Å². The zero-order valence-corrected chi connectivity index (χ0v) is 12.4. The Bertz CT molecular complexity index is 316. The molecule has 5 heteroatoms. The SMILES string of the molecule is CC(C(=O)N1CCCC1)N1CC(O)CC1CN(C)C. The highest BCUT2D eigenvalue weighted by molar-refractivity contribution is 5.81. The lowest BCUT2D eigenvalue weighted by Crippen LogP contribution is -2.50. The second-order valence-electron chi connectivity index (χ2n) is 6.21. The predicted octanol–water partition coefficient (Wildman–Crippen LogP) is -0.00590. The quantitative estimate of drug-likeness (QED) is 0.780. The number of hydrogen-bond donors (Lipinski definition) is 1. The summed E-state index contributed by atoms with van der Waals surface area (Å²) in [5, 5.41) is 9.89. The Morgan fingerprint density at radius 3 is 2.58 bits per heavy atom. The summed E-state index contributed by atoms with van der Waals surface area (Å²) >= 11 is 0. The minimum atomic E-state index is -0.293. The van der Waals surface area contributed by atoms with Crippen molar-refractivity contribution in [2.24, 2.45) is 0 Å². The van der Waals surface area contributed by atoms with E-state index in [1.807, 2.05) is 25.9 Å². The average Bonchev–Trinajstić information content (AvgIpc) is 2.96. The monoisotopic (exact) mass is 269 g/mol. The van der Waals surface area contributed by atoms with E-state index in [2.05, 4.69) is 9.80 Å². The number of carbonyl (C=O) groups excluding carboxylic acids is 1. The van der Waals surface area contributed by atoms with Gasteiger partial charge in [0.25, 0.3) is 0 Å². The molecule has 2 fully saturated rings. The topological polar surface area (TPSA) is 47.0 Å². The number of aliphatic hydroxyl groups excluding tert-OH is 1. The number of likely N-dealkylation sites (tertiary alicyclic amines) is 2. The van der Waals surface area contributed by atoms with Crippen LogP contribution in [-0.2, 0) is 4.79 Å². The fourth-order valence-corrected chi connectivity index (χ4v) is 3.34. The summed E-state index contributed by atoms with van der Waals surface area (Å²) in [5.41, 5.74) is 0. The summed E-state index contributed by atoms with van der Waals surface area (Å²) in [5.74, 6) is 0.232. The second-order valence-corrected chi connectivity index (χ2v) is 6.21. The van der Waals surface area contributed by atoms with Crippen LogP contribution in [0, 0.1) is 0 Å². The third-order valence-electron chi connectivity index (χ3n) is 4.28. The molecule has 0 saturated carbocycles. The third kappa shape index (κ3) is 3.46. The Kier molecular flexibility index (Phi) is 4.81. The van der Waals surface area contributed by atoms with Crippen LogP contribution in [0.5, 0.6) is 0 Å². The van der Waals surface area contributed by atoms with E-state index in [1.165, 1.54) is 0 Å². The minimum absolute atomic E-state index is 0.111. The number of β-amino-alcohol motifs (C(OH)–C–C–N with tert-alkyl or cyclic N) is 1. The van der Waals surface area contributed by atoms with E-state index in [9.17, 15) is 9.90 Å². The standard InChI is InChI=1S/C14H27N3O2/c1-11(14(19)16-6-4-5-7-16)17-10-13(18)8-12(17)9-15(2)3/h11-13,18H,4-10H2,1-3H3. The fraction of sp³-hybridized carbons (Fsp3) is 0.929. The van der Waals surface area contributed by atoms with Crippen LogP contribution in [0.1, 0.15) is 26.2 Å². The van der Waals surface area contributed by atoms with Crippen molar-refractivity contribution >= 4 is 5.91 Å². The van der Waals surface area contributed by atoms with E-state index < -0.39 is 0 Å². The summed E-state index contributed by atoms with van der Waals surface area (Å²) in [4.78, 5) is 18.7. The van der Waals surface area contributed by atoms with Gasteiger partial charge in [-0.2, -0.15) is 0 Å². The van der Waals surface area contributed by atoms with Crippen molar-refractivity contribution in [2.75, 3.05) is 40.3 Å². The molecule has 0 aromatic heterocycles. The molecule has 3 atom stereocenters. The number of nitrogens with zero attached hydrogens (tertiary/aromatic N) is 3. The van der Waals surface area contributed by atoms with Crippen molar-refractivity contribution < 1.29 is 9.90 Å². The highest BCUT2D eigenvalue weighted by atomic mass is 16.3. The van der Waals surface area contributed by atoms with Crippen molar-refractivity contribution in [1.29, 1.82) is 0 Å². The fourth-order valence-electron chi connectivity index (χ4n) is 3.34. The highest BCUT2D eigenvalue weighted by Gasteiger charge is 2.38. The summed E-state index contributed by atoms with van der Waals surface area (Å²) in [6.07, 6.45) is 2.74. The van der Waals surface area contributed by atoms with Crippen LogP contribution in [0.15, 0.2) is 0 Å². The number of amides is 1. The van der Waals surface area contributed by atoms with Crippen LogP contribution in [0.2, 0.25) is 0 Å². The predicted molar refractivity (Wildman–Crippen MR) is 74.9 cm³/mol. The molecule has 0 aromatic rings. The number of carbonyl (C=O) groups is 1. The van der Waals surface area contributed by atoms with Crippen molar-refractivity contribution in [3.63, 3.8) is 0 Å². The first-order chi connectivity index (χ1) is 8.99. The molecule has 2 heterocycles. The molecule has 3 unspecified atom stereocenters. The van der Waals surface area contributed by atoms with Gasteiger partial charge in [-0.05, 0) is 40.3 Å². The van der Waals surface area contributed by atoms with Crippen LogP contribution in [0.4, 0.5) is 0 Å². The van der Waals surface area contributed by atoms with Crippen LogP contribution in [0.25, 0.3) is 0 Å². The van der Waals surface area contributed by atoms with Gasteiger partial charge in [0.15, 0.2) is 0 Å². The van der Waals surface area contributed by atoms with Crippen LogP contribution < -0.4 is 0 Å². The van der Waals surface area contributed by atoms with Gasteiger partial charge in [0.2, 0.25) is 5.91 Å². The lowest BCUT2D eigenvalue weighted by atomic mass is 10.1. The van der Waals surface area contributed by atoms with E-state index >= 15 is 0 Å². The van der Waals surface area contributed by atoms with Gasteiger partial charge in [0, 0.05) is 32.2 Å². The van der Waals surface area contributed by atoms with Gasteiger partial charge in [0.1, 0.15) is 0 Å². The maximum absolute atomic E-state index is 12.5. The zero-order valence-electron chi connectivity index (χ0n) is 12.4. The Morgan fingerprint density at radius 2 is 2.00 bits per heavy atom. The lowest BCUT2D eigenvalue weighted by molar-refractivity contribution is -0.135. The maximum atomic E-state index is 12.5. The summed E-state index contributed by atoms with van der Waals surface area (Å²) in [6, 6.07) is 0.173. The first-order valence-electron chi connectivity index (χ1n) is 7.36. The molecule has 0 aromatic carbocycles. The van der Waals surface area contributed by atoms with Crippen molar-refractivity contribution in [2.45, 2.75) is 44.4 Å². The molecule has 0 radical (unpaired) electrons. The molecular weight excluding hydrogens is 242 g/mol. The zero-order chi connectivity index (χ0) is 14.0. The number of aliphatic hydroxyl groups is 1. The van der Waals surface area contributed by atoms with E-state index in [-0.39, 0.29) is 24.1 Å².